The van der Waals surface area contributed by atoms with Crippen molar-refractivity contribution in [3.63, 3.8) is 0 Å². The lowest BCUT2D eigenvalue weighted by atomic mass is 10.1. The highest BCUT2D eigenvalue weighted by Gasteiger charge is 2.12. The minimum absolute atomic E-state index is 0.0512. The summed E-state index contributed by atoms with van der Waals surface area (Å²) in [6, 6.07) is 11.2. The summed E-state index contributed by atoms with van der Waals surface area (Å²) < 4.78 is 14.7. The third-order valence-electron chi connectivity index (χ3n) is 2.93. The predicted molar refractivity (Wildman–Crippen MR) is 79.5 cm³/mol. The molecule has 0 aliphatic heterocycles. The van der Waals surface area contributed by atoms with E-state index in [4.69, 9.17) is 5.11 Å². The van der Waals surface area contributed by atoms with Gasteiger partial charge in [0.15, 0.2) is 0 Å². The lowest BCUT2D eigenvalue weighted by Gasteiger charge is -2.17. The molecule has 0 aromatic heterocycles. The molecule has 5 heteroatoms. The normalized spacial score (nSPS) is 11.9. The maximum atomic E-state index is 13.7. The second kappa shape index (κ2) is 6.05. The third-order valence-corrected chi connectivity index (χ3v) is 3.43. The number of carbonyl (C=O) groups is 1. The highest BCUT2D eigenvalue weighted by Crippen LogP contribution is 2.24. The van der Waals surface area contributed by atoms with Gasteiger partial charge in [-0.2, -0.15) is 0 Å². The number of halogens is 2. The maximum Gasteiger partial charge on any atom is 0.335 e. The summed E-state index contributed by atoms with van der Waals surface area (Å²) in [5.41, 5.74) is 1.20. The van der Waals surface area contributed by atoms with Crippen LogP contribution in [0.1, 0.15) is 28.9 Å². The molecule has 0 radical (unpaired) electrons. The van der Waals surface area contributed by atoms with E-state index in [9.17, 15) is 9.18 Å². The number of nitrogens with one attached hydrogen (secondary N) is 1. The lowest BCUT2D eigenvalue weighted by molar-refractivity contribution is 0.0697. The Morgan fingerprint density at radius 2 is 2.05 bits per heavy atom. The van der Waals surface area contributed by atoms with Gasteiger partial charge in [0.1, 0.15) is 5.82 Å². The second-order valence-electron chi connectivity index (χ2n) is 4.42. The smallest absolute Gasteiger partial charge is 0.335 e. The Bertz CT molecular complexity index is 646. The zero-order valence-electron chi connectivity index (χ0n) is 10.7. The molecule has 3 nitrogen and oxygen atoms in total. The molecule has 0 aliphatic carbocycles. The van der Waals surface area contributed by atoms with Gasteiger partial charge < -0.3 is 10.4 Å². The van der Waals surface area contributed by atoms with Crippen molar-refractivity contribution in [2.75, 3.05) is 5.32 Å². The standard InChI is InChI=1S/C15H13BrFNO2/c1-9(10-3-2-4-12(16)7-10)18-14-8-11(15(19)20)5-6-13(14)17/h2-9,18H,1H3,(H,19,20). The first-order valence-corrected chi connectivity index (χ1v) is 6.81. The Balaban J connectivity index is 2.25. The van der Waals surface area contributed by atoms with Crippen molar-refractivity contribution >= 4 is 27.6 Å². The molecule has 1 atom stereocenters. The first kappa shape index (κ1) is 14.5. The molecule has 2 N–H and O–H groups in total. The van der Waals surface area contributed by atoms with Crippen LogP contribution in [-0.4, -0.2) is 11.1 Å². The Hall–Kier alpha value is -1.88. The quantitative estimate of drug-likeness (QED) is 0.865. The summed E-state index contributed by atoms with van der Waals surface area (Å²) in [7, 11) is 0. The van der Waals surface area contributed by atoms with Crippen LogP contribution in [-0.2, 0) is 0 Å². The summed E-state index contributed by atoms with van der Waals surface area (Å²) in [6.45, 7) is 1.88. The fourth-order valence-electron chi connectivity index (χ4n) is 1.86. The van der Waals surface area contributed by atoms with Crippen molar-refractivity contribution in [3.05, 3.63) is 63.9 Å². The van der Waals surface area contributed by atoms with Gasteiger partial charge in [-0.25, -0.2) is 9.18 Å². The van der Waals surface area contributed by atoms with Gasteiger partial charge >= 0.3 is 5.97 Å². The van der Waals surface area contributed by atoms with Crippen LogP contribution in [0.25, 0.3) is 0 Å². The number of benzene rings is 2. The number of aromatic carboxylic acids is 1. The van der Waals surface area contributed by atoms with Crippen LogP contribution < -0.4 is 5.32 Å². The highest BCUT2D eigenvalue weighted by atomic mass is 79.9. The van der Waals surface area contributed by atoms with Crippen molar-refractivity contribution in [1.29, 1.82) is 0 Å². The molecule has 0 fully saturated rings. The number of hydrogen-bond donors (Lipinski definition) is 2. The van der Waals surface area contributed by atoms with Gasteiger partial charge in [0, 0.05) is 10.5 Å². The first-order chi connectivity index (χ1) is 9.47. The SMILES string of the molecule is CC(Nc1cc(C(=O)O)ccc1F)c1cccc(Br)c1. The van der Waals surface area contributed by atoms with Gasteiger partial charge in [0.2, 0.25) is 0 Å². The van der Waals surface area contributed by atoms with Crippen LogP contribution in [0.4, 0.5) is 10.1 Å². The van der Waals surface area contributed by atoms with Gasteiger partial charge in [-0.3, -0.25) is 0 Å². The van der Waals surface area contributed by atoms with Crippen LogP contribution in [0.3, 0.4) is 0 Å². The zero-order valence-corrected chi connectivity index (χ0v) is 12.3. The zero-order chi connectivity index (χ0) is 14.7. The molecule has 104 valence electrons. The predicted octanol–water partition coefficient (Wildman–Crippen LogP) is 4.46. The van der Waals surface area contributed by atoms with E-state index in [0.717, 1.165) is 16.1 Å². The third kappa shape index (κ3) is 3.36. The van der Waals surface area contributed by atoms with E-state index >= 15 is 0 Å². The molecular weight excluding hydrogens is 325 g/mol. The number of anilines is 1. The molecule has 1 unspecified atom stereocenters. The van der Waals surface area contributed by atoms with E-state index in [-0.39, 0.29) is 17.3 Å². The minimum atomic E-state index is -1.08. The van der Waals surface area contributed by atoms with E-state index in [1.54, 1.807) is 0 Å². The van der Waals surface area contributed by atoms with Crippen LogP contribution in [0, 0.1) is 5.82 Å². The van der Waals surface area contributed by atoms with Gasteiger partial charge in [-0.05, 0) is 42.8 Å². The van der Waals surface area contributed by atoms with E-state index in [1.165, 1.54) is 12.1 Å². The molecule has 0 spiro atoms. The molecule has 0 bridgehead atoms. The van der Waals surface area contributed by atoms with Crippen molar-refractivity contribution < 1.29 is 14.3 Å². The molecule has 0 amide bonds. The van der Waals surface area contributed by atoms with Gasteiger partial charge in [-0.15, -0.1) is 0 Å². The molecule has 2 aromatic carbocycles. The number of rotatable bonds is 4. The summed E-state index contributed by atoms with van der Waals surface area (Å²) in [4.78, 5) is 10.9. The highest BCUT2D eigenvalue weighted by molar-refractivity contribution is 9.10. The van der Waals surface area contributed by atoms with Crippen LogP contribution in [0.5, 0.6) is 0 Å². The van der Waals surface area contributed by atoms with Crippen LogP contribution in [0.2, 0.25) is 0 Å². The average molecular weight is 338 g/mol. The molecule has 0 saturated heterocycles. The Morgan fingerprint density at radius 3 is 2.70 bits per heavy atom. The lowest BCUT2D eigenvalue weighted by Crippen LogP contribution is -2.09. The van der Waals surface area contributed by atoms with E-state index in [1.807, 2.05) is 31.2 Å². The monoisotopic (exact) mass is 337 g/mol. The topological polar surface area (TPSA) is 49.3 Å². The largest absolute Gasteiger partial charge is 0.478 e. The summed E-state index contributed by atoms with van der Waals surface area (Å²) in [5.74, 6) is -1.56. The van der Waals surface area contributed by atoms with Gasteiger partial charge in [-0.1, -0.05) is 28.1 Å². The Morgan fingerprint density at radius 1 is 1.30 bits per heavy atom. The van der Waals surface area contributed by atoms with E-state index < -0.39 is 11.8 Å². The fourth-order valence-corrected chi connectivity index (χ4v) is 2.28. The van der Waals surface area contributed by atoms with Crippen LogP contribution >= 0.6 is 15.9 Å². The molecular formula is C15H13BrFNO2. The Kier molecular flexibility index (Phi) is 4.39. The van der Waals surface area contributed by atoms with Crippen molar-refractivity contribution in [2.45, 2.75) is 13.0 Å². The average Bonchev–Trinajstić information content (AvgIpc) is 2.41. The van der Waals surface area contributed by atoms with Gasteiger partial charge in [0.25, 0.3) is 0 Å². The summed E-state index contributed by atoms with van der Waals surface area (Å²) in [5, 5.41) is 11.9. The van der Waals surface area contributed by atoms with Crippen LogP contribution in [0.15, 0.2) is 46.9 Å². The first-order valence-electron chi connectivity index (χ1n) is 6.02. The molecule has 0 saturated carbocycles. The van der Waals surface area contributed by atoms with Crippen molar-refractivity contribution in [1.82, 2.24) is 0 Å². The molecule has 0 aliphatic rings. The van der Waals surface area contributed by atoms with E-state index in [0.29, 0.717) is 0 Å². The minimum Gasteiger partial charge on any atom is -0.478 e. The summed E-state index contributed by atoms with van der Waals surface area (Å²) >= 11 is 3.38. The molecule has 2 aromatic rings. The fraction of sp³-hybridized carbons (Fsp3) is 0.133. The summed E-state index contributed by atoms with van der Waals surface area (Å²) in [6.07, 6.45) is 0. The second-order valence-corrected chi connectivity index (χ2v) is 5.34. The van der Waals surface area contributed by atoms with Crippen molar-refractivity contribution in [2.24, 2.45) is 0 Å². The van der Waals surface area contributed by atoms with Gasteiger partial charge in [0.05, 0.1) is 11.3 Å². The molecule has 2 rings (SSSR count). The maximum absolute atomic E-state index is 13.7. The number of carboxylic acids is 1. The Labute approximate surface area is 124 Å². The number of carboxylic acid groups (broad SMARTS) is 1. The molecule has 0 heterocycles. The number of hydrogen-bond acceptors (Lipinski definition) is 2. The van der Waals surface area contributed by atoms with E-state index in [2.05, 4.69) is 21.2 Å². The van der Waals surface area contributed by atoms with Crippen molar-refractivity contribution in [3.8, 4) is 0 Å². The molecule has 20 heavy (non-hydrogen) atoms.